The van der Waals surface area contributed by atoms with Crippen LogP contribution in [0.3, 0.4) is 0 Å². The zero-order chi connectivity index (χ0) is 15.2. The third kappa shape index (κ3) is 3.93. The smallest absolute Gasteiger partial charge is 0.163 e. The lowest BCUT2D eigenvalue weighted by Gasteiger charge is -2.27. The lowest BCUT2D eigenvalue weighted by molar-refractivity contribution is 0.676. The molecule has 1 heterocycles. The highest BCUT2D eigenvalue weighted by molar-refractivity contribution is 6.29. The second kappa shape index (κ2) is 7.05. The first-order valence-corrected chi connectivity index (χ1v) is 7.23. The summed E-state index contributed by atoms with van der Waals surface area (Å²) in [6.07, 6.45) is 0.445. The summed E-state index contributed by atoms with van der Waals surface area (Å²) in [6.45, 7) is 4.75. The van der Waals surface area contributed by atoms with Crippen molar-refractivity contribution in [3.8, 4) is 17.5 Å². The molecule has 21 heavy (non-hydrogen) atoms. The Morgan fingerprint density at radius 1 is 1.24 bits per heavy atom. The number of halogens is 1. The van der Waals surface area contributed by atoms with E-state index in [1.165, 1.54) is 0 Å². The van der Waals surface area contributed by atoms with Gasteiger partial charge in [-0.2, -0.15) is 5.26 Å². The molecule has 0 aliphatic carbocycles. The van der Waals surface area contributed by atoms with Crippen LogP contribution in [0.25, 0.3) is 11.4 Å². The average Bonchev–Trinajstić information content (AvgIpc) is 2.48. The average molecular weight is 301 g/mol. The van der Waals surface area contributed by atoms with Crippen LogP contribution in [0.4, 0.5) is 5.82 Å². The van der Waals surface area contributed by atoms with Gasteiger partial charge in [-0.05, 0) is 13.8 Å². The molecular formula is C16H17ClN4. The highest BCUT2D eigenvalue weighted by atomic mass is 35.5. The van der Waals surface area contributed by atoms with Gasteiger partial charge in [0.05, 0.1) is 12.5 Å². The maximum Gasteiger partial charge on any atom is 0.163 e. The van der Waals surface area contributed by atoms with Crippen LogP contribution in [-0.4, -0.2) is 22.6 Å². The minimum absolute atomic E-state index is 0.230. The largest absolute Gasteiger partial charge is 0.353 e. The van der Waals surface area contributed by atoms with E-state index in [-0.39, 0.29) is 6.04 Å². The Morgan fingerprint density at radius 3 is 2.57 bits per heavy atom. The topological polar surface area (TPSA) is 52.8 Å². The van der Waals surface area contributed by atoms with Crippen molar-refractivity contribution >= 4 is 17.4 Å². The molecule has 0 fully saturated rings. The molecule has 0 amide bonds. The fourth-order valence-corrected chi connectivity index (χ4v) is 2.25. The third-order valence-electron chi connectivity index (χ3n) is 3.10. The van der Waals surface area contributed by atoms with Crippen LogP contribution in [0.15, 0.2) is 36.4 Å². The zero-order valence-corrected chi connectivity index (χ0v) is 12.9. The predicted molar refractivity (Wildman–Crippen MR) is 85.2 cm³/mol. The van der Waals surface area contributed by atoms with Crippen LogP contribution in [0.2, 0.25) is 5.15 Å². The Hall–Kier alpha value is -2.12. The molecule has 1 aromatic heterocycles. The molecule has 108 valence electrons. The molecule has 2 aromatic rings. The van der Waals surface area contributed by atoms with E-state index >= 15 is 0 Å². The van der Waals surface area contributed by atoms with E-state index in [0.29, 0.717) is 23.9 Å². The van der Waals surface area contributed by atoms with Crippen molar-refractivity contribution in [3.05, 3.63) is 41.6 Å². The number of hydrogen-bond donors (Lipinski definition) is 0. The Bertz CT molecular complexity index is 634. The minimum Gasteiger partial charge on any atom is -0.353 e. The van der Waals surface area contributed by atoms with Crippen LogP contribution < -0.4 is 4.90 Å². The van der Waals surface area contributed by atoms with E-state index in [0.717, 1.165) is 11.4 Å². The van der Waals surface area contributed by atoms with Crippen molar-refractivity contribution in [2.24, 2.45) is 0 Å². The summed E-state index contributed by atoms with van der Waals surface area (Å²) in [5.41, 5.74) is 0.922. The summed E-state index contributed by atoms with van der Waals surface area (Å²) >= 11 is 6.14. The number of rotatable bonds is 5. The maximum atomic E-state index is 8.80. The summed E-state index contributed by atoms with van der Waals surface area (Å²) in [5.74, 6) is 1.35. The monoisotopic (exact) mass is 300 g/mol. The first-order chi connectivity index (χ1) is 10.1. The van der Waals surface area contributed by atoms with Gasteiger partial charge in [0.15, 0.2) is 5.82 Å². The predicted octanol–water partition coefficient (Wildman–Crippen LogP) is 3.93. The lowest BCUT2D eigenvalue weighted by atomic mass is 10.2. The first kappa shape index (κ1) is 15.3. The van der Waals surface area contributed by atoms with Gasteiger partial charge in [0.25, 0.3) is 0 Å². The second-order valence-corrected chi connectivity index (χ2v) is 5.32. The summed E-state index contributed by atoms with van der Waals surface area (Å²) in [7, 11) is 0. The van der Waals surface area contributed by atoms with Gasteiger partial charge >= 0.3 is 0 Å². The van der Waals surface area contributed by atoms with E-state index in [1.807, 2.05) is 30.3 Å². The Kier molecular flexibility index (Phi) is 5.13. The maximum absolute atomic E-state index is 8.80. The van der Waals surface area contributed by atoms with Gasteiger partial charge in [-0.25, -0.2) is 9.97 Å². The summed E-state index contributed by atoms with van der Waals surface area (Å²) in [4.78, 5) is 10.9. The second-order valence-electron chi connectivity index (χ2n) is 4.93. The molecule has 2 rings (SSSR count). The lowest BCUT2D eigenvalue weighted by Crippen LogP contribution is -2.32. The molecule has 0 atom stereocenters. The Labute approximate surface area is 130 Å². The summed E-state index contributed by atoms with van der Waals surface area (Å²) < 4.78 is 0. The van der Waals surface area contributed by atoms with Gasteiger partial charge in [-0.3, -0.25) is 0 Å². The molecule has 1 aromatic carbocycles. The summed E-state index contributed by atoms with van der Waals surface area (Å²) in [5, 5.41) is 9.20. The van der Waals surface area contributed by atoms with E-state index in [9.17, 15) is 0 Å². The van der Waals surface area contributed by atoms with Crippen LogP contribution in [0.5, 0.6) is 0 Å². The molecule has 4 nitrogen and oxygen atoms in total. The van der Waals surface area contributed by atoms with Gasteiger partial charge < -0.3 is 4.90 Å². The third-order valence-corrected chi connectivity index (χ3v) is 3.29. The molecule has 0 N–H and O–H groups in total. The molecule has 0 aliphatic rings. The molecule has 0 bridgehead atoms. The molecule has 0 radical (unpaired) electrons. The zero-order valence-electron chi connectivity index (χ0n) is 12.1. The van der Waals surface area contributed by atoms with Crippen molar-refractivity contribution in [1.29, 1.82) is 5.26 Å². The van der Waals surface area contributed by atoms with Crippen molar-refractivity contribution in [2.75, 3.05) is 11.4 Å². The van der Waals surface area contributed by atoms with Crippen molar-refractivity contribution in [1.82, 2.24) is 9.97 Å². The van der Waals surface area contributed by atoms with Gasteiger partial charge in [0, 0.05) is 24.2 Å². The molecule has 0 unspecified atom stereocenters. The van der Waals surface area contributed by atoms with Crippen molar-refractivity contribution in [2.45, 2.75) is 26.3 Å². The summed E-state index contributed by atoms with van der Waals surface area (Å²) in [6, 6.07) is 13.9. The normalized spacial score (nSPS) is 10.4. The fourth-order valence-electron chi connectivity index (χ4n) is 2.08. The SMILES string of the molecule is CC(C)N(CCC#N)c1cc(Cl)nc(-c2ccccc2)n1. The highest BCUT2D eigenvalue weighted by Crippen LogP contribution is 2.23. The van der Waals surface area contributed by atoms with Gasteiger partial charge in [0.1, 0.15) is 11.0 Å². The Morgan fingerprint density at radius 2 is 1.95 bits per heavy atom. The molecule has 0 saturated carbocycles. The molecule has 0 saturated heterocycles. The number of nitrogens with zero attached hydrogens (tertiary/aromatic N) is 4. The van der Waals surface area contributed by atoms with E-state index in [1.54, 1.807) is 6.07 Å². The van der Waals surface area contributed by atoms with Gasteiger partial charge in [0.2, 0.25) is 0 Å². The van der Waals surface area contributed by atoms with E-state index < -0.39 is 0 Å². The van der Waals surface area contributed by atoms with Gasteiger partial charge in [-0.15, -0.1) is 0 Å². The van der Waals surface area contributed by atoms with Crippen LogP contribution in [0, 0.1) is 11.3 Å². The van der Waals surface area contributed by atoms with E-state index in [2.05, 4.69) is 34.8 Å². The van der Waals surface area contributed by atoms with E-state index in [4.69, 9.17) is 16.9 Å². The number of anilines is 1. The fraction of sp³-hybridized carbons (Fsp3) is 0.312. The highest BCUT2D eigenvalue weighted by Gasteiger charge is 2.14. The molecular weight excluding hydrogens is 284 g/mol. The number of benzene rings is 1. The standard InChI is InChI=1S/C16H17ClN4/c1-12(2)21(10-6-9-18)15-11-14(17)19-16(20-15)13-7-4-3-5-8-13/h3-5,7-8,11-12H,6,10H2,1-2H3. The quantitative estimate of drug-likeness (QED) is 0.785. The first-order valence-electron chi connectivity index (χ1n) is 6.85. The van der Waals surface area contributed by atoms with Crippen molar-refractivity contribution in [3.63, 3.8) is 0 Å². The Balaban J connectivity index is 2.40. The van der Waals surface area contributed by atoms with Gasteiger partial charge in [-0.1, -0.05) is 41.9 Å². The van der Waals surface area contributed by atoms with Crippen LogP contribution in [-0.2, 0) is 0 Å². The molecule has 5 heteroatoms. The minimum atomic E-state index is 0.230. The molecule has 0 spiro atoms. The van der Waals surface area contributed by atoms with Crippen LogP contribution in [0.1, 0.15) is 20.3 Å². The number of nitriles is 1. The number of hydrogen-bond acceptors (Lipinski definition) is 4. The van der Waals surface area contributed by atoms with Crippen LogP contribution >= 0.6 is 11.6 Å². The molecule has 0 aliphatic heterocycles. The number of aromatic nitrogens is 2. The van der Waals surface area contributed by atoms with Crippen molar-refractivity contribution < 1.29 is 0 Å².